The fourth-order valence-corrected chi connectivity index (χ4v) is 4.05. The third-order valence-electron chi connectivity index (χ3n) is 4.25. The molecule has 1 N–H and O–H groups in total. The summed E-state index contributed by atoms with van der Waals surface area (Å²) < 4.78 is 1.41. The number of hydrogen-bond donors (Lipinski definition) is 1. The molecule has 1 fully saturated rings. The molecule has 0 amide bonds. The number of hydrogen-bond acceptors (Lipinski definition) is 2. The Labute approximate surface area is 120 Å². The summed E-state index contributed by atoms with van der Waals surface area (Å²) in [5, 5.41) is 7.55. The topological polar surface area (TPSA) is 12.0 Å². The van der Waals surface area contributed by atoms with E-state index < -0.39 is 0 Å². The zero-order valence-corrected chi connectivity index (χ0v) is 12.3. The lowest BCUT2D eigenvalue weighted by molar-refractivity contribution is 0.389. The lowest BCUT2D eigenvalue weighted by atomic mass is 9.96. The Hall–Kier alpha value is -0.860. The molecule has 1 heterocycles. The maximum absolute atomic E-state index is 3.79. The first-order chi connectivity index (χ1) is 9.43. The van der Waals surface area contributed by atoms with Crippen LogP contribution in [0.15, 0.2) is 29.6 Å². The van der Waals surface area contributed by atoms with Crippen LogP contribution in [0.3, 0.4) is 0 Å². The highest BCUT2D eigenvalue weighted by atomic mass is 32.1. The van der Waals surface area contributed by atoms with Crippen molar-refractivity contribution in [2.45, 2.75) is 57.5 Å². The van der Waals surface area contributed by atoms with E-state index in [4.69, 9.17) is 0 Å². The maximum atomic E-state index is 3.79. The van der Waals surface area contributed by atoms with E-state index >= 15 is 0 Å². The number of thiophene rings is 1. The van der Waals surface area contributed by atoms with Gasteiger partial charge in [-0.05, 0) is 35.2 Å². The highest BCUT2D eigenvalue weighted by Crippen LogP contribution is 2.26. The molecule has 19 heavy (non-hydrogen) atoms. The molecule has 0 unspecified atom stereocenters. The minimum atomic E-state index is 0.735. The van der Waals surface area contributed by atoms with Crippen molar-refractivity contribution in [2.75, 3.05) is 0 Å². The largest absolute Gasteiger partial charge is 0.310 e. The van der Waals surface area contributed by atoms with Gasteiger partial charge in [0.15, 0.2) is 0 Å². The summed E-state index contributed by atoms with van der Waals surface area (Å²) in [7, 11) is 0. The van der Waals surface area contributed by atoms with Gasteiger partial charge in [0.1, 0.15) is 0 Å². The Kier molecular flexibility index (Phi) is 4.52. The zero-order chi connectivity index (χ0) is 12.9. The van der Waals surface area contributed by atoms with E-state index in [9.17, 15) is 0 Å². The second-order valence-electron chi connectivity index (χ2n) is 5.68. The van der Waals surface area contributed by atoms with Gasteiger partial charge in [0.05, 0.1) is 0 Å². The average Bonchev–Trinajstić information content (AvgIpc) is 2.81. The normalized spacial score (nSPS) is 18.3. The molecule has 1 aromatic carbocycles. The smallest absolute Gasteiger partial charge is 0.0346 e. The second kappa shape index (κ2) is 6.53. The Morgan fingerprint density at radius 2 is 1.74 bits per heavy atom. The first-order valence-corrected chi connectivity index (χ1v) is 8.50. The van der Waals surface area contributed by atoms with Crippen molar-refractivity contribution in [2.24, 2.45) is 0 Å². The van der Waals surface area contributed by atoms with Gasteiger partial charge in [0.25, 0.3) is 0 Å². The second-order valence-corrected chi connectivity index (χ2v) is 6.59. The van der Waals surface area contributed by atoms with Crippen LogP contribution in [0.25, 0.3) is 10.1 Å². The van der Waals surface area contributed by atoms with Crippen LogP contribution in [0.5, 0.6) is 0 Å². The fraction of sp³-hybridized carbons (Fsp3) is 0.529. The lowest BCUT2D eigenvalue weighted by Crippen LogP contribution is -2.29. The van der Waals surface area contributed by atoms with Crippen LogP contribution < -0.4 is 5.32 Å². The molecule has 1 aliphatic rings. The summed E-state index contributed by atoms with van der Waals surface area (Å²) in [5.74, 6) is 0. The molecule has 2 aromatic rings. The first-order valence-electron chi connectivity index (χ1n) is 7.62. The highest BCUT2D eigenvalue weighted by molar-refractivity contribution is 7.17. The fourth-order valence-electron chi connectivity index (χ4n) is 3.08. The minimum absolute atomic E-state index is 0.735. The molecule has 0 radical (unpaired) electrons. The van der Waals surface area contributed by atoms with Crippen LogP contribution in [0.1, 0.15) is 50.5 Å². The van der Waals surface area contributed by atoms with Crippen molar-refractivity contribution in [1.29, 1.82) is 0 Å². The number of nitrogens with one attached hydrogen (secondary N) is 1. The van der Waals surface area contributed by atoms with Crippen LogP contribution in [-0.2, 0) is 6.54 Å². The van der Waals surface area contributed by atoms with Crippen LogP contribution in [-0.4, -0.2) is 6.04 Å². The summed E-state index contributed by atoms with van der Waals surface area (Å²) >= 11 is 1.87. The molecule has 0 bridgehead atoms. The summed E-state index contributed by atoms with van der Waals surface area (Å²) in [6, 6.07) is 9.48. The predicted octanol–water partition coefficient (Wildman–Crippen LogP) is 5.10. The van der Waals surface area contributed by atoms with Gasteiger partial charge in [-0.25, -0.2) is 0 Å². The third kappa shape index (κ3) is 3.37. The number of rotatable bonds is 3. The molecule has 1 nitrogen and oxygen atoms in total. The molecule has 0 saturated heterocycles. The van der Waals surface area contributed by atoms with Crippen molar-refractivity contribution >= 4 is 21.4 Å². The molecule has 2 heteroatoms. The monoisotopic (exact) mass is 273 g/mol. The van der Waals surface area contributed by atoms with Crippen LogP contribution >= 0.6 is 11.3 Å². The minimum Gasteiger partial charge on any atom is -0.310 e. The summed E-state index contributed by atoms with van der Waals surface area (Å²) in [4.78, 5) is 0. The van der Waals surface area contributed by atoms with Crippen LogP contribution in [0, 0.1) is 0 Å². The molecule has 1 saturated carbocycles. The molecule has 3 rings (SSSR count). The Morgan fingerprint density at radius 1 is 1.00 bits per heavy atom. The summed E-state index contributed by atoms with van der Waals surface area (Å²) in [6.07, 6.45) is 9.84. The van der Waals surface area contributed by atoms with Crippen molar-refractivity contribution in [3.8, 4) is 0 Å². The Bertz CT molecular complexity index is 509. The van der Waals surface area contributed by atoms with Gasteiger partial charge >= 0.3 is 0 Å². The van der Waals surface area contributed by atoms with Gasteiger partial charge in [-0.3, -0.25) is 0 Å². The molecule has 0 spiro atoms. The van der Waals surface area contributed by atoms with Crippen molar-refractivity contribution in [1.82, 2.24) is 5.32 Å². The maximum Gasteiger partial charge on any atom is 0.0346 e. The average molecular weight is 273 g/mol. The van der Waals surface area contributed by atoms with Crippen molar-refractivity contribution in [3.63, 3.8) is 0 Å². The van der Waals surface area contributed by atoms with Gasteiger partial charge in [0.2, 0.25) is 0 Å². The van der Waals surface area contributed by atoms with Gasteiger partial charge < -0.3 is 5.32 Å². The molecule has 1 aromatic heterocycles. The number of benzene rings is 1. The lowest BCUT2D eigenvalue weighted by Gasteiger charge is -2.21. The van der Waals surface area contributed by atoms with E-state index in [-0.39, 0.29) is 0 Å². The molecule has 0 atom stereocenters. The van der Waals surface area contributed by atoms with Gasteiger partial charge in [-0.15, -0.1) is 11.3 Å². The summed E-state index contributed by atoms with van der Waals surface area (Å²) in [5.41, 5.74) is 1.47. The molecule has 0 aliphatic heterocycles. The van der Waals surface area contributed by atoms with E-state index in [2.05, 4.69) is 35.0 Å². The zero-order valence-electron chi connectivity index (χ0n) is 11.5. The third-order valence-corrected chi connectivity index (χ3v) is 5.26. The molecular formula is C17H23NS. The van der Waals surface area contributed by atoms with E-state index in [0.717, 1.165) is 12.6 Å². The SMILES string of the molecule is c1ccc2c(CNC3CCCCCCC3)csc2c1. The van der Waals surface area contributed by atoms with Crippen molar-refractivity contribution < 1.29 is 0 Å². The highest BCUT2D eigenvalue weighted by Gasteiger charge is 2.11. The van der Waals surface area contributed by atoms with Crippen molar-refractivity contribution in [3.05, 3.63) is 35.2 Å². The first kappa shape index (κ1) is 13.1. The van der Waals surface area contributed by atoms with Crippen LogP contribution in [0.4, 0.5) is 0 Å². The molecular weight excluding hydrogens is 250 g/mol. The quantitative estimate of drug-likeness (QED) is 0.820. The molecule has 102 valence electrons. The van der Waals surface area contributed by atoms with E-state index in [1.807, 2.05) is 11.3 Å². The van der Waals surface area contributed by atoms with E-state index in [0.29, 0.717) is 0 Å². The van der Waals surface area contributed by atoms with Gasteiger partial charge in [0, 0.05) is 17.3 Å². The predicted molar refractivity (Wildman–Crippen MR) is 84.8 cm³/mol. The Balaban J connectivity index is 1.61. The molecule has 1 aliphatic carbocycles. The summed E-state index contributed by atoms with van der Waals surface area (Å²) in [6.45, 7) is 1.04. The Morgan fingerprint density at radius 3 is 2.58 bits per heavy atom. The number of fused-ring (bicyclic) bond motifs is 1. The van der Waals surface area contributed by atoms with Gasteiger partial charge in [-0.2, -0.15) is 0 Å². The van der Waals surface area contributed by atoms with Crippen LogP contribution in [0.2, 0.25) is 0 Å². The standard InChI is InChI=1S/C17H23NS/c1-2-4-8-15(9-5-3-1)18-12-14-13-19-17-11-7-6-10-16(14)17/h6-7,10-11,13,15,18H,1-5,8-9,12H2. The van der Waals surface area contributed by atoms with E-state index in [1.165, 1.54) is 60.6 Å². The van der Waals surface area contributed by atoms with Gasteiger partial charge in [-0.1, -0.05) is 50.3 Å². The van der Waals surface area contributed by atoms with E-state index in [1.54, 1.807) is 0 Å².